The average molecular weight is 420 g/mol. The lowest BCUT2D eigenvalue weighted by molar-refractivity contribution is -0.124. The predicted molar refractivity (Wildman–Crippen MR) is 107 cm³/mol. The third kappa shape index (κ3) is 5.55. The van der Waals surface area contributed by atoms with E-state index in [0.29, 0.717) is 0 Å². The maximum Gasteiger partial charge on any atom is 0.338 e. The Balaban J connectivity index is 2.06. The Labute approximate surface area is 170 Å². The molecule has 1 N–H and O–H groups in total. The van der Waals surface area contributed by atoms with Crippen LogP contribution < -0.4 is 10.1 Å². The Morgan fingerprint density at radius 2 is 1.76 bits per heavy atom. The maximum atomic E-state index is 12.4. The molecule has 0 spiro atoms. The smallest absolute Gasteiger partial charge is 0.338 e. The number of ether oxygens (including phenoxy) is 2. The van der Waals surface area contributed by atoms with Crippen LogP contribution in [0.25, 0.3) is 0 Å². The number of carbonyl (C=O) groups is 2. The second kappa shape index (κ2) is 9.53. The SMILES string of the molecule is COc1ccc(C(=O)OCC(=O)N[C@H](C)c2ccccc2)cc1S(=O)(=O)N(C)C. The molecule has 1 atom stereocenters. The summed E-state index contributed by atoms with van der Waals surface area (Å²) >= 11 is 0. The van der Waals surface area contributed by atoms with E-state index < -0.39 is 28.5 Å². The van der Waals surface area contributed by atoms with Gasteiger partial charge in [0.2, 0.25) is 10.0 Å². The molecule has 2 aromatic carbocycles. The molecule has 2 aromatic rings. The highest BCUT2D eigenvalue weighted by atomic mass is 32.2. The molecule has 0 aromatic heterocycles. The fraction of sp³-hybridized carbons (Fsp3) is 0.300. The number of benzene rings is 2. The topological polar surface area (TPSA) is 102 Å². The van der Waals surface area contributed by atoms with Crippen LogP contribution in [-0.2, 0) is 19.6 Å². The van der Waals surface area contributed by atoms with Crippen molar-refractivity contribution in [2.24, 2.45) is 0 Å². The highest BCUT2D eigenvalue weighted by molar-refractivity contribution is 7.89. The van der Waals surface area contributed by atoms with Gasteiger partial charge >= 0.3 is 5.97 Å². The van der Waals surface area contributed by atoms with Crippen LogP contribution >= 0.6 is 0 Å². The van der Waals surface area contributed by atoms with E-state index in [1.165, 1.54) is 39.4 Å². The second-order valence-corrected chi connectivity index (χ2v) is 8.55. The van der Waals surface area contributed by atoms with E-state index in [0.717, 1.165) is 9.87 Å². The van der Waals surface area contributed by atoms with Crippen molar-refractivity contribution >= 4 is 21.9 Å². The zero-order valence-corrected chi connectivity index (χ0v) is 17.5. The van der Waals surface area contributed by atoms with Gasteiger partial charge in [0, 0.05) is 14.1 Å². The minimum absolute atomic E-state index is 0.00451. The summed E-state index contributed by atoms with van der Waals surface area (Å²) in [5, 5.41) is 2.73. The molecule has 0 radical (unpaired) electrons. The van der Waals surface area contributed by atoms with Gasteiger partial charge < -0.3 is 14.8 Å². The normalized spacial score (nSPS) is 12.3. The zero-order chi connectivity index (χ0) is 21.6. The molecule has 29 heavy (non-hydrogen) atoms. The summed E-state index contributed by atoms with van der Waals surface area (Å²) < 4.78 is 36.0. The van der Waals surface area contributed by atoms with E-state index in [-0.39, 0.29) is 22.3 Å². The molecule has 0 bridgehead atoms. The fourth-order valence-electron chi connectivity index (χ4n) is 2.52. The summed E-state index contributed by atoms with van der Waals surface area (Å²) in [6.45, 7) is 1.33. The third-order valence-electron chi connectivity index (χ3n) is 4.17. The average Bonchev–Trinajstić information content (AvgIpc) is 2.71. The molecule has 0 saturated carbocycles. The predicted octanol–water partition coefficient (Wildman–Crippen LogP) is 1.98. The van der Waals surface area contributed by atoms with E-state index in [2.05, 4.69) is 5.32 Å². The first kappa shape index (κ1) is 22.4. The maximum absolute atomic E-state index is 12.4. The minimum Gasteiger partial charge on any atom is -0.495 e. The van der Waals surface area contributed by atoms with Crippen molar-refractivity contribution in [1.82, 2.24) is 9.62 Å². The molecular weight excluding hydrogens is 396 g/mol. The van der Waals surface area contributed by atoms with Crippen molar-refractivity contribution in [2.45, 2.75) is 17.9 Å². The Bertz CT molecular complexity index is 974. The summed E-state index contributed by atoms with van der Waals surface area (Å²) in [4.78, 5) is 24.2. The number of amides is 1. The lowest BCUT2D eigenvalue weighted by Crippen LogP contribution is -2.31. The summed E-state index contributed by atoms with van der Waals surface area (Å²) in [7, 11) is 0.247. The molecule has 1 amide bonds. The van der Waals surface area contributed by atoms with Crippen LogP contribution in [0.3, 0.4) is 0 Å². The first-order valence-electron chi connectivity index (χ1n) is 8.78. The lowest BCUT2D eigenvalue weighted by atomic mass is 10.1. The van der Waals surface area contributed by atoms with Crippen LogP contribution in [0.5, 0.6) is 5.75 Å². The first-order chi connectivity index (χ1) is 13.7. The fourth-order valence-corrected chi connectivity index (χ4v) is 3.60. The van der Waals surface area contributed by atoms with Gasteiger partial charge in [-0.3, -0.25) is 4.79 Å². The van der Waals surface area contributed by atoms with Crippen molar-refractivity contribution in [3.63, 3.8) is 0 Å². The van der Waals surface area contributed by atoms with Crippen LogP contribution in [-0.4, -0.2) is 52.4 Å². The molecule has 2 rings (SSSR count). The van der Waals surface area contributed by atoms with Gasteiger partial charge in [0.05, 0.1) is 18.7 Å². The van der Waals surface area contributed by atoms with E-state index in [9.17, 15) is 18.0 Å². The number of hydrogen-bond donors (Lipinski definition) is 1. The number of nitrogens with one attached hydrogen (secondary N) is 1. The van der Waals surface area contributed by atoms with Crippen molar-refractivity contribution in [3.05, 3.63) is 59.7 Å². The van der Waals surface area contributed by atoms with Crippen LogP contribution in [0.15, 0.2) is 53.4 Å². The molecule has 0 aliphatic carbocycles. The monoisotopic (exact) mass is 420 g/mol. The Morgan fingerprint density at radius 1 is 1.10 bits per heavy atom. The van der Waals surface area contributed by atoms with Gasteiger partial charge in [0.25, 0.3) is 5.91 Å². The Hall–Kier alpha value is -2.91. The number of methoxy groups -OCH3 is 1. The van der Waals surface area contributed by atoms with E-state index >= 15 is 0 Å². The standard InChI is InChI=1S/C20H24N2O6S/c1-14(15-8-6-5-7-9-15)21-19(23)13-28-20(24)16-10-11-17(27-4)18(12-16)29(25,26)22(2)3/h5-12,14H,13H2,1-4H3,(H,21,23)/t14-/m1/s1. The first-order valence-corrected chi connectivity index (χ1v) is 10.2. The highest BCUT2D eigenvalue weighted by Gasteiger charge is 2.24. The molecular formula is C20H24N2O6S. The molecule has 0 aliphatic rings. The Morgan fingerprint density at radius 3 is 2.34 bits per heavy atom. The number of sulfonamides is 1. The van der Waals surface area contributed by atoms with Crippen LogP contribution in [0, 0.1) is 0 Å². The molecule has 0 aliphatic heterocycles. The van der Waals surface area contributed by atoms with Gasteiger partial charge in [-0.2, -0.15) is 0 Å². The summed E-state index contributed by atoms with van der Waals surface area (Å²) in [5.41, 5.74) is 0.913. The molecule has 0 unspecified atom stereocenters. The zero-order valence-electron chi connectivity index (χ0n) is 16.7. The summed E-state index contributed by atoms with van der Waals surface area (Å²) in [6, 6.07) is 13.0. The van der Waals surface area contributed by atoms with E-state index in [4.69, 9.17) is 9.47 Å². The third-order valence-corrected chi connectivity index (χ3v) is 6.01. The van der Waals surface area contributed by atoms with Crippen molar-refractivity contribution in [2.75, 3.05) is 27.8 Å². The molecule has 0 saturated heterocycles. The largest absolute Gasteiger partial charge is 0.495 e. The number of rotatable bonds is 8. The van der Waals surface area contributed by atoms with Gasteiger partial charge in [0.15, 0.2) is 6.61 Å². The molecule has 0 fully saturated rings. The van der Waals surface area contributed by atoms with Crippen molar-refractivity contribution < 1.29 is 27.5 Å². The number of esters is 1. The molecule has 9 heteroatoms. The quantitative estimate of drug-likeness (QED) is 0.655. The van der Waals surface area contributed by atoms with Gasteiger partial charge in [-0.25, -0.2) is 17.5 Å². The minimum atomic E-state index is -3.83. The summed E-state index contributed by atoms with van der Waals surface area (Å²) in [6.07, 6.45) is 0. The van der Waals surface area contributed by atoms with Gasteiger partial charge in [-0.1, -0.05) is 30.3 Å². The molecule has 8 nitrogen and oxygen atoms in total. The van der Waals surface area contributed by atoms with Gasteiger partial charge in [-0.15, -0.1) is 0 Å². The van der Waals surface area contributed by atoms with Crippen molar-refractivity contribution in [3.8, 4) is 5.75 Å². The lowest BCUT2D eigenvalue weighted by Gasteiger charge is -2.16. The highest BCUT2D eigenvalue weighted by Crippen LogP contribution is 2.27. The number of carbonyl (C=O) groups excluding carboxylic acids is 2. The number of nitrogens with zero attached hydrogens (tertiary/aromatic N) is 1. The van der Waals surface area contributed by atoms with Crippen LogP contribution in [0.1, 0.15) is 28.9 Å². The van der Waals surface area contributed by atoms with E-state index in [1.54, 1.807) is 0 Å². The molecule has 0 heterocycles. The number of hydrogen-bond acceptors (Lipinski definition) is 6. The van der Waals surface area contributed by atoms with E-state index in [1.807, 2.05) is 37.3 Å². The van der Waals surface area contributed by atoms with Crippen LogP contribution in [0.2, 0.25) is 0 Å². The van der Waals surface area contributed by atoms with Crippen LogP contribution in [0.4, 0.5) is 0 Å². The molecule has 156 valence electrons. The van der Waals surface area contributed by atoms with Gasteiger partial charge in [-0.05, 0) is 30.7 Å². The Kier molecular flexibility index (Phi) is 7.35. The summed E-state index contributed by atoms with van der Waals surface area (Å²) in [5.74, 6) is -1.18. The second-order valence-electron chi connectivity index (χ2n) is 6.43. The van der Waals surface area contributed by atoms with Crippen molar-refractivity contribution in [1.29, 1.82) is 0 Å². The van der Waals surface area contributed by atoms with Gasteiger partial charge in [0.1, 0.15) is 10.6 Å².